The molecule has 0 N–H and O–H groups in total. The molecule has 4 aliphatic rings. The third kappa shape index (κ3) is 2.50. The highest BCUT2D eigenvalue weighted by Crippen LogP contribution is 2.62. The molecule has 1 spiro atoms. The molecule has 38 heavy (non-hydrogen) atoms. The van der Waals surface area contributed by atoms with E-state index in [0.29, 0.717) is 39.7 Å². The first-order valence-corrected chi connectivity index (χ1v) is 13.4. The molecule has 4 aromatic rings. The molecule has 7 nitrogen and oxygen atoms in total. The predicted molar refractivity (Wildman–Crippen MR) is 144 cm³/mol. The monoisotopic (exact) mass is 542 g/mol. The van der Waals surface area contributed by atoms with Crippen LogP contribution >= 0.6 is 23.2 Å². The lowest BCUT2D eigenvalue weighted by Gasteiger charge is -2.38. The Balaban J connectivity index is 1.45. The van der Waals surface area contributed by atoms with Crippen molar-refractivity contribution in [2.75, 3.05) is 11.4 Å². The van der Waals surface area contributed by atoms with E-state index in [0.717, 1.165) is 18.4 Å². The maximum absolute atomic E-state index is 14.5. The van der Waals surface area contributed by atoms with E-state index >= 15 is 0 Å². The molecular weight excluding hydrogens is 523 g/mol. The number of benzene rings is 3. The number of hydrogen-bond acceptors (Lipinski definition) is 5. The number of para-hydroxylation sites is 2. The molecule has 4 unspecified atom stereocenters. The minimum Gasteiger partial charge on any atom is -0.283 e. The Bertz CT molecular complexity index is 1800. The van der Waals surface area contributed by atoms with E-state index in [1.54, 1.807) is 22.8 Å². The van der Waals surface area contributed by atoms with E-state index < -0.39 is 17.4 Å². The van der Waals surface area contributed by atoms with Crippen molar-refractivity contribution in [3.8, 4) is 5.69 Å². The van der Waals surface area contributed by atoms with Crippen molar-refractivity contribution in [3.63, 3.8) is 0 Å². The number of halogens is 2. The zero-order valence-corrected chi connectivity index (χ0v) is 21.5. The lowest BCUT2D eigenvalue weighted by Crippen LogP contribution is -2.51. The summed E-state index contributed by atoms with van der Waals surface area (Å²) in [5, 5.41) is 1.17. The summed E-state index contributed by atoms with van der Waals surface area (Å²) in [6.07, 6.45) is 1.67. The number of imide groups is 1. The Morgan fingerprint density at radius 1 is 0.895 bits per heavy atom. The fourth-order valence-electron chi connectivity index (χ4n) is 7.51. The summed E-state index contributed by atoms with van der Waals surface area (Å²) in [6, 6.07) is 19.6. The van der Waals surface area contributed by atoms with Crippen molar-refractivity contribution in [1.29, 1.82) is 0 Å². The van der Waals surface area contributed by atoms with E-state index in [9.17, 15) is 14.4 Å². The Kier molecular flexibility index (Phi) is 4.45. The molecule has 4 aliphatic heterocycles. The summed E-state index contributed by atoms with van der Waals surface area (Å²) in [6.45, 7) is 0.705. The van der Waals surface area contributed by atoms with Crippen LogP contribution in [0.25, 0.3) is 16.6 Å². The van der Waals surface area contributed by atoms with Gasteiger partial charge in [0.2, 0.25) is 11.8 Å². The summed E-state index contributed by atoms with van der Waals surface area (Å²) in [5.41, 5.74) is 1.22. The van der Waals surface area contributed by atoms with Gasteiger partial charge in [-0.3, -0.25) is 23.9 Å². The second-order valence-corrected chi connectivity index (χ2v) is 11.2. The summed E-state index contributed by atoms with van der Waals surface area (Å²) in [5.74, 6) is -1.43. The number of hydrogen-bond donors (Lipinski definition) is 0. The molecule has 0 aliphatic carbocycles. The zero-order chi connectivity index (χ0) is 25.9. The van der Waals surface area contributed by atoms with Gasteiger partial charge >= 0.3 is 0 Å². The molecule has 4 atom stereocenters. The Morgan fingerprint density at radius 3 is 2.53 bits per heavy atom. The van der Waals surface area contributed by atoms with E-state index in [-0.39, 0.29) is 28.4 Å². The highest BCUT2D eigenvalue weighted by Gasteiger charge is 2.73. The molecule has 2 amide bonds. The van der Waals surface area contributed by atoms with Crippen molar-refractivity contribution >= 4 is 51.6 Å². The van der Waals surface area contributed by atoms with Crippen LogP contribution in [-0.2, 0) is 15.1 Å². The fraction of sp³-hybridized carbons (Fsp3) is 0.241. The van der Waals surface area contributed by atoms with Crippen molar-refractivity contribution in [2.24, 2.45) is 11.8 Å². The molecule has 0 bridgehead atoms. The molecule has 9 heteroatoms. The molecule has 1 aromatic heterocycles. The number of rotatable bonds is 1. The van der Waals surface area contributed by atoms with Gasteiger partial charge in [0.05, 0.1) is 39.1 Å². The van der Waals surface area contributed by atoms with Gasteiger partial charge in [-0.25, -0.2) is 9.88 Å². The van der Waals surface area contributed by atoms with E-state index in [1.807, 2.05) is 42.5 Å². The summed E-state index contributed by atoms with van der Waals surface area (Å²) in [4.78, 5) is 51.1. The maximum Gasteiger partial charge on any atom is 0.266 e. The first-order chi connectivity index (χ1) is 18.4. The summed E-state index contributed by atoms with van der Waals surface area (Å²) in [7, 11) is 0. The zero-order valence-electron chi connectivity index (χ0n) is 20.0. The number of carbonyl (C=O) groups is 2. The van der Waals surface area contributed by atoms with Gasteiger partial charge in [-0.15, -0.1) is 0 Å². The van der Waals surface area contributed by atoms with Crippen LogP contribution < -0.4 is 10.5 Å². The van der Waals surface area contributed by atoms with Gasteiger partial charge in [0.15, 0.2) is 0 Å². The van der Waals surface area contributed by atoms with E-state index in [4.69, 9.17) is 28.2 Å². The van der Waals surface area contributed by atoms with Gasteiger partial charge in [-0.05, 0) is 55.8 Å². The van der Waals surface area contributed by atoms with Crippen molar-refractivity contribution < 1.29 is 9.59 Å². The lowest BCUT2D eigenvalue weighted by molar-refractivity contribution is -0.124. The van der Waals surface area contributed by atoms with Crippen molar-refractivity contribution in [2.45, 2.75) is 24.4 Å². The van der Waals surface area contributed by atoms with Gasteiger partial charge in [0, 0.05) is 16.6 Å². The lowest BCUT2D eigenvalue weighted by atomic mass is 9.75. The SMILES string of the molecule is O=C1C2C3CCCN3C3(c4ccccc4-n4c3nc3ccccc3c4=O)C2C(=O)N1c1ccc(Cl)cc1Cl. The van der Waals surface area contributed by atoms with Crippen LogP contribution in [0.15, 0.2) is 71.5 Å². The van der Waals surface area contributed by atoms with Crippen LogP contribution in [0, 0.1) is 11.8 Å². The average Bonchev–Trinajstić information content (AvgIpc) is 3.62. The summed E-state index contributed by atoms with van der Waals surface area (Å²) < 4.78 is 1.66. The normalized spacial score (nSPS) is 27.3. The number of nitrogens with zero attached hydrogens (tertiary/aromatic N) is 4. The molecule has 0 saturated carbocycles. The number of aromatic nitrogens is 2. The molecule has 3 saturated heterocycles. The third-order valence-corrected chi connectivity index (χ3v) is 9.33. The topological polar surface area (TPSA) is 75.5 Å². The van der Waals surface area contributed by atoms with Gasteiger partial charge in [-0.1, -0.05) is 53.5 Å². The largest absolute Gasteiger partial charge is 0.283 e. The first kappa shape index (κ1) is 22.5. The average molecular weight is 543 g/mol. The standard InChI is InChI=1S/C29H20Cl2N4O3/c30-15-11-12-21(18(31)14-15)34-26(37)23-22-10-5-13-33(22)29(24(23)27(34)38)17-7-2-4-9-20(17)35-25(36)16-6-1-3-8-19(16)32-28(29)35/h1-4,6-9,11-12,14,22-24H,5,10,13H2. The van der Waals surface area contributed by atoms with Crippen molar-refractivity contribution in [1.82, 2.24) is 14.5 Å². The number of anilines is 1. The van der Waals surface area contributed by atoms with E-state index in [1.165, 1.54) is 11.0 Å². The van der Waals surface area contributed by atoms with Crippen LogP contribution in [-0.4, -0.2) is 38.9 Å². The van der Waals surface area contributed by atoms with Crippen molar-refractivity contribution in [3.05, 3.63) is 98.5 Å². The minimum absolute atomic E-state index is 0.157. The first-order valence-electron chi connectivity index (χ1n) is 12.7. The minimum atomic E-state index is -1.05. The van der Waals surface area contributed by atoms with Crippen LogP contribution in [0.4, 0.5) is 5.69 Å². The fourth-order valence-corrected chi connectivity index (χ4v) is 8.01. The van der Waals surface area contributed by atoms with Gasteiger partial charge < -0.3 is 0 Å². The molecule has 188 valence electrons. The van der Waals surface area contributed by atoms with E-state index in [2.05, 4.69) is 4.90 Å². The quantitative estimate of drug-likeness (QED) is 0.330. The smallest absolute Gasteiger partial charge is 0.266 e. The Morgan fingerprint density at radius 2 is 1.68 bits per heavy atom. The van der Waals surface area contributed by atoms with Crippen LogP contribution in [0.5, 0.6) is 0 Å². The summed E-state index contributed by atoms with van der Waals surface area (Å²) >= 11 is 12.6. The third-order valence-electron chi connectivity index (χ3n) is 8.79. The molecule has 5 heterocycles. The number of amides is 2. The van der Waals surface area contributed by atoms with Crippen LogP contribution in [0.2, 0.25) is 10.0 Å². The van der Waals surface area contributed by atoms with Crippen LogP contribution in [0.3, 0.4) is 0 Å². The highest BCUT2D eigenvalue weighted by molar-refractivity contribution is 6.38. The van der Waals surface area contributed by atoms with Crippen LogP contribution in [0.1, 0.15) is 24.2 Å². The second-order valence-electron chi connectivity index (χ2n) is 10.4. The predicted octanol–water partition coefficient (Wildman–Crippen LogP) is 4.53. The van der Waals surface area contributed by atoms with Gasteiger partial charge in [0.1, 0.15) is 11.4 Å². The van der Waals surface area contributed by atoms with Gasteiger partial charge in [-0.2, -0.15) is 0 Å². The molecule has 3 fully saturated rings. The molecule has 0 radical (unpaired) electrons. The maximum atomic E-state index is 14.5. The Hall–Kier alpha value is -3.52. The molecular formula is C29H20Cl2N4O3. The Labute approximate surface area is 227 Å². The van der Waals surface area contributed by atoms with Gasteiger partial charge in [0.25, 0.3) is 5.56 Å². The second kappa shape index (κ2) is 7.53. The molecule has 8 rings (SSSR count). The number of carbonyl (C=O) groups excluding carboxylic acids is 2. The molecule has 3 aromatic carbocycles. The highest BCUT2D eigenvalue weighted by atomic mass is 35.5. The number of fused-ring (bicyclic) bond motifs is 11.